The summed E-state index contributed by atoms with van der Waals surface area (Å²) in [4.78, 5) is 0. The van der Waals surface area contributed by atoms with Crippen LogP contribution in [0, 0.1) is 0 Å². The molecule has 1 nitrogen and oxygen atoms in total. The molecule has 0 atom stereocenters. The Bertz CT molecular complexity index is 534. The molecule has 0 unspecified atom stereocenters. The molecule has 3 heteroatoms. The highest BCUT2D eigenvalue weighted by Gasteiger charge is 2.33. The van der Waals surface area contributed by atoms with Gasteiger partial charge in [0.2, 0.25) is 0 Å². The molecular weight excluding hydrogens is 300 g/mol. The van der Waals surface area contributed by atoms with Crippen molar-refractivity contribution in [2.24, 2.45) is 0 Å². The van der Waals surface area contributed by atoms with Gasteiger partial charge in [-0.3, -0.25) is 0 Å². The first kappa shape index (κ1) is 17.2. The zero-order valence-electron chi connectivity index (χ0n) is 14.5. The van der Waals surface area contributed by atoms with Crippen LogP contribution in [0.5, 0.6) is 0 Å². The minimum Gasteiger partial charge on any atom is -0.456 e. The van der Waals surface area contributed by atoms with E-state index in [1.807, 2.05) is 0 Å². The molecule has 0 fully saturated rings. The molecule has 2 rings (SSSR count). The van der Waals surface area contributed by atoms with Crippen molar-refractivity contribution in [2.75, 3.05) is 0 Å². The van der Waals surface area contributed by atoms with Gasteiger partial charge in [0.25, 0.3) is 0 Å². The smallest absolute Gasteiger partial charge is 0.174 e. The second-order valence-electron chi connectivity index (χ2n) is 7.55. The van der Waals surface area contributed by atoms with E-state index in [0.717, 1.165) is 6.04 Å². The summed E-state index contributed by atoms with van der Waals surface area (Å²) in [7, 11) is -3.21. The molecule has 118 valence electrons. The molecule has 0 saturated carbocycles. The first-order valence-corrected chi connectivity index (χ1v) is 14.6. The molecule has 0 amide bonds. The predicted octanol–water partition coefficient (Wildman–Crippen LogP) is 5.88. The van der Waals surface area contributed by atoms with Crippen LogP contribution < -0.4 is 0 Å². The average molecular weight is 329 g/mol. The standard InChI is InChI=1S/C19H28OSi2/c1-21(2,3)20-22(4,5)16-19(17-12-8-6-9-13-17)18-14-10-7-11-15-18/h6-15,19H,16H2,1-5H3. The Morgan fingerprint density at radius 2 is 1.14 bits per heavy atom. The Morgan fingerprint density at radius 3 is 1.50 bits per heavy atom. The second kappa shape index (κ2) is 6.94. The first-order chi connectivity index (χ1) is 10.3. The lowest BCUT2D eigenvalue weighted by molar-refractivity contribution is 0.542. The molecular formula is C19H28OSi2. The Hall–Kier alpha value is -1.17. The van der Waals surface area contributed by atoms with Crippen LogP contribution in [0.2, 0.25) is 38.8 Å². The van der Waals surface area contributed by atoms with Crippen LogP contribution in [0.1, 0.15) is 17.0 Å². The van der Waals surface area contributed by atoms with Crippen molar-refractivity contribution < 1.29 is 4.12 Å². The molecule has 0 bridgehead atoms. The van der Waals surface area contributed by atoms with Gasteiger partial charge in [0.15, 0.2) is 16.6 Å². The molecule has 0 radical (unpaired) electrons. The Kier molecular flexibility index (Phi) is 5.43. The summed E-state index contributed by atoms with van der Waals surface area (Å²) in [6.07, 6.45) is 0. The van der Waals surface area contributed by atoms with E-state index in [0.29, 0.717) is 5.92 Å². The van der Waals surface area contributed by atoms with E-state index in [4.69, 9.17) is 4.12 Å². The topological polar surface area (TPSA) is 9.23 Å². The number of hydrogen-bond donors (Lipinski definition) is 0. The summed E-state index contributed by atoms with van der Waals surface area (Å²) in [5, 5.41) is 0. The van der Waals surface area contributed by atoms with Crippen LogP contribution in [-0.4, -0.2) is 16.6 Å². The normalized spacial score (nSPS) is 12.6. The van der Waals surface area contributed by atoms with Crippen molar-refractivity contribution in [3.63, 3.8) is 0 Å². The monoisotopic (exact) mass is 328 g/mol. The average Bonchev–Trinajstić information content (AvgIpc) is 2.44. The third-order valence-corrected chi connectivity index (χ3v) is 9.73. The van der Waals surface area contributed by atoms with E-state index < -0.39 is 16.6 Å². The molecule has 0 aliphatic carbocycles. The van der Waals surface area contributed by atoms with E-state index in [1.165, 1.54) is 11.1 Å². The van der Waals surface area contributed by atoms with Crippen LogP contribution in [0.4, 0.5) is 0 Å². The SMILES string of the molecule is C[Si](C)(C)O[Si](C)(C)CC(c1ccccc1)c1ccccc1. The van der Waals surface area contributed by atoms with Gasteiger partial charge in [0, 0.05) is 5.92 Å². The lowest BCUT2D eigenvalue weighted by atomic mass is 9.93. The fourth-order valence-electron chi connectivity index (χ4n) is 3.16. The summed E-state index contributed by atoms with van der Waals surface area (Å²) >= 11 is 0. The minimum absolute atomic E-state index is 0.431. The minimum atomic E-state index is -1.71. The van der Waals surface area contributed by atoms with E-state index in [2.05, 4.69) is 93.4 Å². The van der Waals surface area contributed by atoms with Crippen molar-refractivity contribution in [3.05, 3.63) is 71.8 Å². The van der Waals surface area contributed by atoms with Crippen molar-refractivity contribution in [3.8, 4) is 0 Å². The Balaban J connectivity index is 2.30. The molecule has 0 N–H and O–H groups in total. The molecule has 22 heavy (non-hydrogen) atoms. The summed E-state index contributed by atoms with van der Waals surface area (Å²) in [5.41, 5.74) is 2.79. The van der Waals surface area contributed by atoms with Gasteiger partial charge in [-0.2, -0.15) is 0 Å². The third-order valence-electron chi connectivity index (χ3n) is 3.68. The van der Waals surface area contributed by atoms with Crippen molar-refractivity contribution in [1.29, 1.82) is 0 Å². The van der Waals surface area contributed by atoms with E-state index in [1.54, 1.807) is 0 Å². The van der Waals surface area contributed by atoms with Crippen molar-refractivity contribution >= 4 is 16.6 Å². The van der Waals surface area contributed by atoms with Gasteiger partial charge in [0.05, 0.1) is 0 Å². The van der Waals surface area contributed by atoms with Crippen LogP contribution in [-0.2, 0) is 4.12 Å². The van der Waals surface area contributed by atoms with Gasteiger partial charge in [-0.15, -0.1) is 0 Å². The van der Waals surface area contributed by atoms with E-state index in [9.17, 15) is 0 Å². The van der Waals surface area contributed by atoms with Crippen LogP contribution in [0.15, 0.2) is 60.7 Å². The maximum Gasteiger partial charge on any atom is 0.174 e. The fraction of sp³-hybridized carbons (Fsp3) is 0.368. The van der Waals surface area contributed by atoms with Gasteiger partial charge < -0.3 is 4.12 Å². The fourth-order valence-corrected chi connectivity index (χ4v) is 11.6. The molecule has 0 aliphatic rings. The Morgan fingerprint density at radius 1 is 0.727 bits per heavy atom. The largest absolute Gasteiger partial charge is 0.456 e. The summed E-state index contributed by atoms with van der Waals surface area (Å²) in [5.74, 6) is 0.431. The highest BCUT2D eigenvalue weighted by molar-refractivity contribution is 6.84. The highest BCUT2D eigenvalue weighted by atomic mass is 28.4. The van der Waals surface area contributed by atoms with Gasteiger partial charge in [-0.25, -0.2) is 0 Å². The van der Waals surface area contributed by atoms with Gasteiger partial charge in [-0.1, -0.05) is 60.7 Å². The van der Waals surface area contributed by atoms with Crippen LogP contribution in [0.3, 0.4) is 0 Å². The maximum atomic E-state index is 6.58. The number of rotatable bonds is 6. The molecule has 0 aromatic heterocycles. The Labute approximate surface area is 137 Å². The molecule has 0 aliphatic heterocycles. The molecule has 0 heterocycles. The van der Waals surface area contributed by atoms with Crippen molar-refractivity contribution in [1.82, 2.24) is 0 Å². The number of hydrogen-bond acceptors (Lipinski definition) is 1. The van der Waals surface area contributed by atoms with Crippen molar-refractivity contribution in [2.45, 2.75) is 44.7 Å². The van der Waals surface area contributed by atoms with Gasteiger partial charge >= 0.3 is 0 Å². The third kappa shape index (κ3) is 5.23. The molecule has 0 saturated heterocycles. The maximum absolute atomic E-state index is 6.58. The van der Waals surface area contributed by atoms with E-state index >= 15 is 0 Å². The van der Waals surface area contributed by atoms with E-state index in [-0.39, 0.29) is 0 Å². The summed E-state index contributed by atoms with van der Waals surface area (Å²) in [6.45, 7) is 11.6. The molecule has 0 spiro atoms. The quantitative estimate of drug-likeness (QED) is 0.602. The summed E-state index contributed by atoms with van der Waals surface area (Å²) < 4.78 is 6.58. The lowest BCUT2D eigenvalue weighted by Crippen LogP contribution is -2.43. The zero-order chi connectivity index (χ0) is 16.2. The second-order valence-corrected chi connectivity index (χ2v) is 16.5. The number of benzene rings is 2. The summed E-state index contributed by atoms with van der Waals surface area (Å²) in [6, 6.07) is 22.8. The van der Waals surface area contributed by atoms with Gasteiger partial charge in [-0.05, 0) is 49.9 Å². The van der Waals surface area contributed by atoms with Crippen LogP contribution >= 0.6 is 0 Å². The van der Waals surface area contributed by atoms with Gasteiger partial charge in [0.1, 0.15) is 0 Å². The molecule has 2 aromatic rings. The lowest BCUT2D eigenvalue weighted by Gasteiger charge is -2.34. The first-order valence-electron chi connectivity index (χ1n) is 8.07. The zero-order valence-corrected chi connectivity index (χ0v) is 16.5. The molecule has 2 aromatic carbocycles. The predicted molar refractivity (Wildman–Crippen MR) is 101 cm³/mol. The van der Waals surface area contributed by atoms with Crippen LogP contribution in [0.25, 0.3) is 0 Å². The highest BCUT2D eigenvalue weighted by Crippen LogP contribution is 2.34.